The second-order valence-electron chi connectivity index (χ2n) is 7.82. The number of nitrogens with two attached hydrogens (primary N) is 1. The van der Waals surface area contributed by atoms with E-state index < -0.39 is 0 Å². The largest absolute Gasteiger partial charge is 0.488 e. The smallest absolute Gasteiger partial charge is 0.257 e. The van der Waals surface area contributed by atoms with E-state index in [4.69, 9.17) is 10.5 Å². The van der Waals surface area contributed by atoms with Crippen LogP contribution in [0.1, 0.15) is 27.9 Å². The molecule has 162 valence electrons. The maximum Gasteiger partial charge on any atom is 0.257 e. The van der Waals surface area contributed by atoms with E-state index in [1.54, 1.807) is 0 Å². The number of benzene rings is 4. The van der Waals surface area contributed by atoms with Crippen molar-refractivity contribution in [3.8, 4) is 5.75 Å². The molecular weight excluding hydrogens is 396 g/mol. The van der Waals surface area contributed by atoms with Gasteiger partial charge in [0.15, 0.2) is 0 Å². The van der Waals surface area contributed by atoms with Crippen molar-refractivity contribution < 1.29 is 9.53 Å². The molecule has 0 heterocycles. The van der Waals surface area contributed by atoms with Gasteiger partial charge in [0.25, 0.3) is 5.91 Å². The number of hydrogen-bond acceptors (Lipinski definition) is 3. The molecule has 32 heavy (non-hydrogen) atoms. The van der Waals surface area contributed by atoms with Crippen molar-refractivity contribution in [3.63, 3.8) is 0 Å². The summed E-state index contributed by atoms with van der Waals surface area (Å²) in [6.45, 7) is 2.06. The number of fused-ring (bicyclic) bond motifs is 1. The molecule has 4 aromatic rings. The molecule has 4 heteroatoms. The number of carbonyl (C=O) groups is 1. The van der Waals surface area contributed by atoms with Crippen LogP contribution in [-0.2, 0) is 13.2 Å². The fourth-order valence-electron chi connectivity index (χ4n) is 3.75. The van der Waals surface area contributed by atoms with E-state index in [0.717, 1.165) is 28.3 Å². The highest BCUT2D eigenvalue weighted by molar-refractivity contribution is 6.01. The summed E-state index contributed by atoms with van der Waals surface area (Å²) in [4.78, 5) is 15.6. The molecule has 0 unspecified atom stereocenters. The summed E-state index contributed by atoms with van der Waals surface area (Å²) in [6.07, 6.45) is 0.742. The Kier molecular flexibility index (Phi) is 7.15. The molecule has 0 spiro atoms. The minimum atomic E-state index is -0.0453. The topological polar surface area (TPSA) is 55.6 Å². The van der Waals surface area contributed by atoms with E-state index in [1.807, 2.05) is 102 Å². The Labute approximate surface area is 189 Å². The first-order chi connectivity index (χ1) is 15.7. The second-order valence-corrected chi connectivity index (χ2v) is 7.82. The highest BCUT2D eigenvalue weighted by Gasteiger charge is 2.21. The quantitative estimate of drug-likeness (QED) is 0.391. The Hall–Kier alpha value is -3.63. The van der Waals surface area contributed by atoms with Crippen LogP contribution in [-0.4, -0.2) is 23.9 Å². The van der Waals surface area contributed by atoms with Gasteiger partial charge in [-0.15, -0.1) is 0 Å². The summed E-state index contributed by atoms with van der Waals surface area (Å²) in [5.74, 6) is 0.555. The number of ether oxygens (including phenoxy) is 1. The third kappa shape index (κ3) is 5.34. The van der Waals surface area contributed by atoms with Crippen molar-refractivity contribution in [3.05, 3.63) is 114 Å². The number of rotatable bonds is 9. The Balaban J connectivity index is 1.67. The maximum atomic E-state index is 13.7. The van der Waals surface area contributed by atoms with Crippen LogP contribution in [0.25, 0.3) is 10.8 Å². The van der Waals surface area contributed by atoms with Gasteiger partial charge in [-0.1, -0.05) is 84.9 Å². The summed E-state index contributed by atoms with van der Waals surface area (Å²) in [6, 6.07) is 32.0. The molecule has 0 fully saturated rings. The first kappa shape index (κ1) is 21.6. The zero-order valence-corrected chi connectivity index (χ0v) is 18.1. The molecule has 0 atom stereocenters. The average molecular weight is 425 g/mol. The molecular formula is C28H28N2O2. The van der Waals surface area contributed by atoms with Crippen LogP contribution in [0, 0.1) is 0 Å². The maximum absolute atomic E-state index is 13.7. The monoisotopic (exact) mass is 424 g/mol. The van der Waals surface area contributed by atoms with Crippen molar-refractivity contribution in [2.24, 2.45) is 5.73 Å². The second kappa shape index (κ2) is 10.6. The predicted molar refractivity (Wildman–Crippen MR) is 130 cm³/mol. The standard InChI is InChI=1S/C28H28N2O2/c29-16-9-17-30(20-22-10-3-1-4-11-22)28(31)26-18-24-14-7-8-15-25(24)19-27(26)32-21-23-12-5-2-6-13-23/h1-8,10-15,18-19H,9,16-17,20-21,29H2. The number of amides is 1. The highest BCUT2D eigenvalue weighted by Crippen LogP contribution is 2.29. The highest BCUT2D eigenvalue weighted by atomic mass is 16.5. The van der Waals surface area contributed by atoms with Crippen LogP contribution in [0.3, 0.4) is 0 Å². The molecule has 2 N–H and O–H groups in total. The van der Waals surface area contributed by atoms with Crippen LogP contribution >= 0.6 is 0 Å². The van der Waals surface area contributed by atoms with Crippen molar-refractivity contribution in [1.29, 1.82) is 0 Å². The molecule has 1 amide bonds. The van der Waals surface area contributed by atoms with Crippen molar-refractivity contribution in [2.75, 3.05) is 13.1 Å². The van der Waals surface area contributed by atoms with Gasteiger partial charge < -0.3 is 15.4 Å². The number of nitrogens with zero attached hydrogens (tertiary/aromatic N) is 1. The third-order valence-corrected chi connectivity index (χ3v) is 5.45. The van der Waals surface area contributed by atoms with E-state index in [2.05, 4.69) is 0 Å². The van der Waals surface area contributed by atoms with Crippen LogP contribution < -0.4 is 10.5 Å². The molecule has 0 saturated carbocycles. The first-order valence-corrected chi connectivity index (χ1v) is 11.0. The summed E-state index contributed by atoms with van der Waals surface area (Å²) in [5, 5.41) is 2.06. The van der Waals surface area contributed by atoms with Crippen molar-refractivity contribution >= 4 is 16.7 Å². The van der Waals surface area contributed by atoms with Gasteiger partial charge >= 0.3 is 0 Å². The third-order valence-electron chi connectivity index (χ3n) is 5.45. The van der Waals surface area contributed by atoms with Crippen LogP contribution in [0.15, 0.2) is 97.1 Å². The Bertz CT molecular complexity index is 1160. The molecule has 0 radical (unpaired) electrons. The first-order valence-electron chi connectivity index (χ1n) is 11.0. The minimum absolute atomic E-state index is 0.0453. The van der Waals surface area contributed by atoms with E-state index >= 15 is 0 Å². The van der Waals surface area contributed by atoms with Gasteiger partial charge in [-0.2, -0.15) is 0 Å². The van der Waals surface area contributed by atoms with E-state index in [0.29, 0.717) is 37.6 Å². The molecule has 4 rings (SSSR count). The van der Waals surface area contributed by atoms with Gasteiger partial charge in [0, 0.05) is 13.1 Å². The normalized spacial score (nSPS) is 10.8. The Morgan fingerprint density at radius 2 is 1.38 bits per heavy atom. The Morgan fingerprint density at radius 1 is 0.781 bits per heavy atom. The lowest BCUT2D eigenvalue weighted by Crippen LogP contribution is -2.33. The lowest BCUT2D eigenvalue weighted by atomic mass is 10.0. The zero-order chi connectivity index (χ0) is 22.2. The van der Waals surface area contributed by atoms with Crippen molar-refractivity contribution in [2.45, 2.75) is 19.6 Å². The van der Waals surface area contributed by atoms with Gasteiger partial charge in [0.1, 0.15) is 12.4 Å². The summed E-state index contributed by atoms with van der Waals surface area (Å²) >= 11 is 0. The minimum Gasteiger partial charge on any atom is -0.488 e. The van der Waals surface area contributed by atoms with Crippen LogP contribution in [0.2, 0.25) is 0 Å². The summed E-state index contributed by atoms with van der Waals surface area (Å²) in [7, 11) is 0. The van der Waals surface area contributed by atoms with E-state index in [9.17, 15) is 4.79 Å². The lowest BCUT2D eigenvalue weighted by Gasteiger charge is -2.24. The molecule has 0 aliphatic rings. The molecule has 0 aliphatic heterocycles. The van der Waals surface area contributed by atoms with Crippen molar-refractivity contribution in [1.82, 2.24) is 4.90 Å². The van der Waals surface area contributed by atoms with Gasteiger partial charge in [-0.05, 0) is 47.0 Å². The summed E-state index contributed by atoms with van der Waals surface area (Å²) < 4.78 is 6.19. The molecule has 0 bridgehead atoms. The Morgan fingerprint density at radius 3 is 2.03 bits per heavy atom. The fraction of sp³-hybridized carbons (Fsp3) is 0.179. The summed E-state index contributed by atoms with van der Waals surface area (Å²) in [5.41, 5.74) is 8.49. The molecule has 0 aliphatic carbocycles. The van der Waals surface area contributed by atoms with Gasteiger partial charge in [-0.3, -0.25) is 4.79 Å². The molecule has 0 saturated heterocycles. The van der Waals surface area contributed by atoms with Crippen LogP contribution in [0.5, 0.6) is 5.75 Å². The zero-order valence-electron chi connectivity index (χ0n) is 18.1. The van der Waals surface area contributed by atoms with Gasteiger partial charge in [0.05, 0.1) is 5.56 Å². The number of carbonyl (C=O) groups excluding carboxylic acids is 1. The van der Waals surface area contributed by atoms with Crippen LogP contribution in [0.4, 0.5) is 0 Å². The average Bonchev–Trinajstić information content (AvgIpc) is 2.85. The number of hydrogen-bond donors (Lipinski definition) is 1. The van der Waals surface area contributed by atoms with Gasteiger partial charge in [0.2, 0.25) is 0 Å². The molecule has 0 aromatic heterocycles. The molecule has 4 nitrogen and oxygen atoms in total. The van der Waals surface area contributed by atoms with E-state index in [1.165, 1.54) is 0 Å². The molecule has 4 aromatic carbocycles. The predicted octanol–water partition coefficient (Wildman–Crippen LogP) is 5.41. The lowest BCUT2D eigenvalue weighted by molar-refractivity contribution is 0.0737. The SMILES string of the molecule is NCCCN(Cc1ccccc1)C(=O)c1cc2ccccc2cc1OCc1ccccc1. The fourth-order valence-corrected chi connectivity index (χ4v) is 3.75. The van der Waals surface area contributed by atoms with E-state index in [-0.39, 0.29) is 5.91 Å². The van der Waals surface area contributed by atoms with Gasteiger partial charge in [-0.25, -0.2) is 0 Å².